The lowest BCUT2D eigenvalue weighted by molar-refractivity contribution is -0.157. The summed E-state index contributed by atoms with van der Waals surface area (Å²) in [4.78, 5) is 16.4. The fourth-order valence-electron chi connectivity index (χ4n) is 2.18. The minimum atomic E-state index is -4.47. The maximum Gasteiger partial charge on any atom is 0.406 e. The second kappa shape index (κ2) is 11.9. The van der Waals surface area contributed by atoms with Crippen molar-refractivity contribution in [2.75, 3.05) is 33.8 Å². The summed E-state index contributed by atoms with van der Waals surface area (Å²) in [6.07, 6.45) is -4.47. The summed E-state index contributed by atoms with van der Waals surface area (Å²) >= 11 is 0. The van der Waals surface area contributed by atoms with Gasteiger partial charge in [-0.05, 0) is 31.5 Å². The average molecular weight is 520 g/mol. The van der Waals surface area contributed by atoms with Crippen LogP contribution in [0.2, 0.25) is 0 Å². The van der Waals surface area contributed by atoms with Gasteiger partial charge in [0.1, 0.15) is 13.1 Å². The molecular formula is C17H25F4IN4O2. The van der Waals surface area contributed by atoms with Crippen LogP contribution in [0.5, 0.6) is 5.75 Å². The maximum absolute atomic E-state index is 13.8. The highest BCUT2D eigenvalue weighted by atomic mass is 127. The molecule has 0 bridgehead atoms. The summed E-state index contributed by atoms with van der Waals surface area (Å²) in [6, 6.07) is 4.10. The molecule has 0 heterocycles. The van der Waals surface area contributed by atoms with Crippen LogP contribution >= 0.6 is 24.0 Å². The van der Waals surface area contributed by atoms with Gasteiger partial charge in [-0.25, -0.2) is 9.38 Å². The lowest BCUT2D eigenvalue weighted by Crippen LogP contribution is -2.41. The third-order valence-corrected chi connectivity index (χ3v) is 3.59. The van der Waals surface area contributed by atoms with Gasteiger partial charge in [-0.1, -0.05) is 6.07 Å². The van der Waals surface area contributed by atoms with Crippen LogP contribution in [0.25, 0.3) is 0 Å². The molecule has 0 saturated heterocycles. The number of rotatable bonds is 7. The fraction of sp³-hybridized carbons (Fsp3) is 0.529. The lowest BCUT2D eigenvalue weighted by atomic mass is 10.1. The van der Waals surface area contributed by atoms with E-state index in [0.29, 0.717) is 17.0 Å². The lowest BCUT2D eigenvalue weighted by Gasteiger charge is -2.20. The molecule has 0 radical (unpaired) electrons. The number of nitrogens with one attached hydrogen (secondary N) is 2. The smallest absolute Gasteiger partial charge is 0.406 e. The monoisotopic (exact) mass is 520 g/mol. The Hall–Kier alpha value is -1.79. The molecule has 0 spiro atoms. The number of likely N-dealkylation sites (N-methyl/N-ethyl adjacent to an activating group) is 1. The van der Waals surface area contributed by atoms with Crippen molar-refractivity contribution in [1.82, 2.24) is 15.5 Å². The van der Waals surface area contributed by atoms with Crippen LogP contribution in [0.3, 0.4) is 0 Å². The van der Waals surface area contributed by atoms with E-state index in [-0.39, 0.29) is 41.7 Å². The van der Waals surface area contributed by atoms with Gasteiger partial charge in [0, 0.05) is 13.6 Å². The quantitative estimate of drug-likeness (QED) is 0.251. The predicted octanol–water partition coefficient (Wildman–Crippen LogP) is 3.09. The van der Waals surface area contributed by atoms with Gasteiger partial charge < -0.3 is 20.3 Å². The Bertz CT molecular complexity index is 671. The first kappa shape index (κ1) is 26.2. The van der Waals surface area contributed by atoms with Gasteiger partial charge in [-0.3, -0.25) is 4.79 Å². The zero-order valence-electron chi connectivity index (χ0n) is 16.1. The van der Waals surface area contributed by atoms with E-state index in [1.54, 1.807) is 19.9 Å². The minimum Gasteiger partial charge on any atom is -0.494 e. The largest absolute Gasteiger partial charge is 0.494 e. The van der Waals surface area contributed by atoms with Crippen LogP contribution in [0.1, 0.15) is 25.5 Å². The number of carbonyl (C=O) groups excluding carboxylic acids is 1. The number of hydrogen-bond donors (Lipinski definition) is 2. The van der Waals surface area contributed by atoms with Crippen molar-refractivity contribution < 1.29 is 27.1 Å². The average Bonchev–Trinajstić information content (AvgIpc) is 2.57. The molecule has 1 unspecified atom stereocenters. The number of alkyl halides is 3. The Morgan fingerprint density at radius 3 is 2.50 bits per heavy atom. The number of aliphatic imine (C=N–C) groups is 1. The first-order chi connectivity index (χ1) is 12.6. The topological polar surface area (TPSA) is 66.0 Å². The van der Waals surface area contributed by atoms with E-state index < -0.39 is 31.0 Å². The van der Waals surface area contributed by atoms with Crippen molar-refractivity contribution in [3.05, 3.63) is 29.6 Å². The molecule has 6 nitrogen and oxygen atoms in total. The molecule has 1 rings (SSSR count). The Morgan fingerprint density at radius 1 is 1.36 bits per heavy atom. The molecule has 11 heteroatoms. The maximum atomic E-state index is 13.8. The van der Waals surface area contributed by atoms with Gasteiger partial charge in [0.15, 0.2) is 17.5 Å². The van der Waals surface area contributed by atoms with Gasteiger partial charge in [0.05, 0.1) is 13.2 Å². The van der Waals surface area contributed by atoms with Gasteiger partial charge in [0.25, 0.3) is 0 Å². The van der Waals surface area contributed by atoms with Gasteiger partial charge in [0.2, 0.25) is 5.91 Å². The molecule has 0 aromatic heterocycles. The summed E-state index contributed by atoms with van der Waals surface area (Å²) < 4.78 is 55.7. The standard InChI is InChI=1S/C17H24F4N4O2.HI/c1-5-22-16(23-9-15(26)25(3)10-17(19,20)21)24-11(2)12-6-7-14(27-4)13(18)8-12;/h6-8,11H,5,9-10H2,1-4H3,(H2,22,23,24);1H. The normalized spacial score (nSPS) is 12.6. The summed E-state index contributed by atoms with van der Waals surface area (Å²) in [5.74, 6) is -0.943. The molecule has 0 fully saturated rings. The second-order valence-electron chi connectivity index (χ2n) is 5.82. The van der Waals surface area contributed by atoms with Crippen molar-refractivity contribution >= 4 is 35.8 Å². The zero-order valence-corrected chi connectivity index (χ0v) is 18.4. The second-order valence-corrected chi connectivity index (χ2v) is 5.82. The molecular weight excluding hydrogens is 495 g/mol. The van der Waals surface area contributed by atoms with E-state index in [1.807, 2.05) is 0 Å². The molecule has 0 saturated carbocycles. The third kappa shape index (κ3) is 8.93. The molecule has 28 heavy (non-hydrogen) atoms. The number of nitrogens with zero attached hydrogens (tertiary/aromatic N) is 2. The number of hydrogen-bond acceptors (Lipinski definition) is 3. The Kier molecular flexibility index (Phi) is 11.2. The number of carbonyl (C=O) groups is 1. The van der Waals surface area contributed by atoms with Gasteiger partial charge >= 0.3 is 6.18 Å². The molecule has 0 aliphatic carbocycles. The fourth-order valence-corrected chi connectivity index (χ4v) is 2.18. The Morgan fingerprint density at radius 2 is 2.00 bits per heavy atom. The summed E-state index contributed by atoms with van der Waals surface area (Å²) in [7, 11) is 2.43. The van der Waals surface area contributed by atoms with E-state index >= 15 is 0 Å². The highest BCUT2D eigenvalue weighted by Crippen LogP contribution is 2.21. The number of amides is 1. The summed E-state index contributed by atoms with van der Waals surface area (Å²) in [5, 5.41) is 5.87. The summed E-state index contributed by atoms with van der Waals surface area (Å²) in [5.41, 5.74) is 0.611. The molecule has 0 aliphatic rings. The highest BCUT2D eigenvalue weighted by molar-refractivity contribution is 14.0. The molecule has 1 aromatic carbocycles. The first-order valence-corrected chi connectivity index (χ1v) is 8.26. The number of benzene rings is 1. The minimum absolute atomic E-state index is 0. The number of guanidine groups is 1. The summed E-state index contributed by atoms with van der Waals surface area (Å²) in [6.45, 7) is 2.23. The number of halogens is 5. The zero-order chi connectivity index (χ0) is 20.6. The Labute approximate surface area is 178 Å². The number of methoxy groups -OCH3 is 1. The van der Waals surface area contributed by atoms with Crippen molar-refractivity contribution in [2.45, 2.75) is 26.1 Å². The van der Waals surface area contributed by atoms with Crippen LogP contribution in [-0.2, 0) is 4.79 Å². The van der Waals surface area contributed by atoms with E-state index in [1.165, 1.54) is 19.2 Å². The van der Waals surface area contributed by atoms with E-state index in [9.17, 15) is 22.4 Å². The van der Waals surface area contributed by atoms with E-state index in [4.69, 9.17) is 4.74 Å². The molecule has 2 N–H and O–H groups in total. The molecule has 160 valence electrons. The molecule has 1 atom stereocenters. The molecule has 1 amide bonds. The van der Waals surface area contributed by atoms with Crippen LogP contribution in [0, 0.1) is 5.82 Å². The third-order valence-electron chi connectivity index (χ3n) is 3.59. The molecule has 1 aromatic rings. The van der Waals surface area contributed by atoms with Crippen LogP contribution in [0.4, 0.5) is 17.6 Å². The van der Waals surface area contributed by atoms with Crippen LogP contribution < -0.4 is 15.4 Å². The number of ether oxygens (including phenoxy) is 1. The van der Waals surface area contributed by atoms with E-state index in [2.05, 4.69) is 15.6 Å². The molecule has 0 aliphatic heterocycles. The highest BCUT2D eigenvalue weighted by Gasteiger charge is 2.31. The SMILES string of the molecule is CCNC(=NCC(=O)N(C)CC(F)(F)F)NC(C)c1ccc(OC)c(F)c1.I. The van der Waals surface area contributed by atoms with Crippen LogP contribution in [-0.4, -0.2) is 56.7 Å². The van der Waals surface area contributed by atoms with Crippen LogP contribution in [0.15, 0.2) is 23.2 Å². The van der Waals surface area contributed by atoms with E-state index in [0.717, 1.165) is 7.05 Å². The van der Waals surface area contributed by atoms with Gasteiger partial charge in [-0.2, -0.15) is 13.2 Å². The Balaban J connectivity index is 0.00000729. The van der Waals surface area contributed by atoms with Crippen molar-refractivity contribution in [3.8, 4) is 5.75 Å². The van der Waals surface area contributed by atoms with Gasteiger partial charge in [-0.15, -0.1) is 24.0 Å². The predicted molar refractivity (Wildman–Crippen MR) is 110 cm³/mol. The van der Waals surface area contributed by atoms with Crippen molar-refractivity contribution in [3.63, 3.8) is 0 Å². The van der Waals surface area contributed by atoms with Crippen molar-refractivity contribution in [1.29, 1.82) is 0 Å². The van der Waals surface area contributed by atoms with Crippen molar-refractivity contribution in [2.24, 2.45) is 4.99 Å². The first-order valence-electron chi connectivity index (χ1n) is 8.26.